The Morgan fingerprint density at radius 1 is 0.967 bits per heavy atom. The number of nitrogens with zero attached hydrogens (tertiary/aromatic N) is 1. The maximum atomic E-state index is 12.9. The Kier molecular flexibility index (Phi) is 6.34. The first-order valence-electron chi connectivity index (χ1n) is 9.47. The number of methoxy groups -OCH3 is 4. The minimum atomic E-state index is -0.499. The molecule has 0 spiro atoms. The van der Waals surface area contributed by atoms with Crippen molar-refractivity contribution in [3.8, 4) is 23.0 Å². The Labute approximate surface area is 175 Å². The highest BCUT2D eigenvalue weighted by Crippen LogP contribution is 2.37. The number of rotatable bonds is 7. The molecule has 2 aromatic carbocycles. The summed E-state index contributed by atoms with van der Waals surface area (Å²) >= 11 is 0. The Hall–Kier alpha value is -3.42. The SMILES string of the molecule is COc1ccc(OC)c(N2CC(C(=O)Nc3cc(OC)c(OC)cc3C)CC2=O)c1. The first-order chi connectivity index (χ1) is 14.4. The molecule has 2 aromatic rings. The van der Waals surface area contributed by atoms with Crippen molar-refractivity contribution in [2.24, 2.45) is 5.92 Å². The summed E-state index contributed by atoms with van der Waals surface area (Å²) in [6, 6.07) is 8.73. The molecule has 0 aromatic heterocycles. The van der Waals surface area contributed by atoms with Gasteiger partial charge < -0.3 is 29.2 Å². The van der Waals surface area contributed by atoms with Gasteiger partial charge in [0.2, 0.25) is 11.8 Å². The molecule has 160 valence electrons. The molecule has 0 bridgehead atoms. The number of nitrogens with one attached hydrogen (secondary N) is 1. The highest BCUT2D eigenvalue weighted by molar-refractivity contribution is 6.04. The lowest BCUT2D eigenvalue weighted by atomic mass is 10.1. The number of hydrogen-bond acceptors (Lipinski definition) is 6. The molecule has 1 aliphatic heterocycles. The van der Waals surface area contributed by atoms with E-state index in [1.807, 2.05) is 6.92 Å². The minimum absolute atomic E-state index is 0.110. The molecular formula is C22H26N2O6. The summed E-state index contributed by atoms with van der Waals surface area (Å²) in [5.74, 6) is 1.37. The zero-order chi connectivity index (χ0) is 21.8. The molecule has 8 nitrogen and oxygen atoms in total. The Morgan fingerprint density at radius 2 is 1.63 bits per heavy atom. The van der Waals surface area contributed by atoms with Crippen molar-refractivity contribution in [1.82, 2.24) is 0 Å². The number of amides is 2. The average Bonchev–Trinajstić information content (AvgIpc) is 3.15. The number of hydrogen-bond donors (Lipinski definition) is 1. The largest absolute Gasteiger partial charge is 0.497 e. The summed E-state index contributed by atoms with van der Waals surface area (Å²) in [4.78, 5) is 27.1. The van der Waals surface area contributed by atoms with Crippen LogP contribution in [0.3, 0.4) is 0 Å². The fourth-order valence-corrected chi connectivity index (χ4v) is 3.47. The van der Waals surface area contributed by atoms with E-state index < -0.39 is 5.92 Å². The maximum absolute atomic E-state index is 12.9. The third-order valence-corrected chi connectivity index (χ3v) is 5.16. The quantitative estimate of drug-likeness (QED) is 0.750. The number of aryl methyl sites for hydroxylation is 1. The molecule has 0 radical (unpaired) electrons. The lowest BCUT2D eigenvalue weighted by molar-refractivity contribution is -0.122. The van der Waals surface area contributed by atoms with Crippen LogP contribution in [0.15, 0.2) is 30.3 Å². The zero-order valence-electron chi connectivity index (χ0n) is 17.8. The van der Waals surface area contributed by atoms with Crippen LogP contribution in [0.1, 0.15) is 12.0 Å². The molecule has 3 rings (SSSR count). The fraction of sp³-hybridized carbons (Fsp3) is 0.364. The van der Waals surface area contributed by atoms with Crippen LogP contribution in [0.4, 0.5) is 11.4 Å². The second-order valence-corrected chi connectivity index (χ2v) is 6.95. The van der Waals surface area contributed by atoms with Crippen LogP contribution in [-0.2, 0) is 9.59 Å². The van der Waals surface area contributed by atoms with Crippen LogP contribution >= 0.6 is 0 Å². The van der Waals surface area contributed by atoms with E-state index in [1.165, 1.54) is 14.2 Å². The standard InChI is InChI=1S/C22H26N2O6/c1-13-8-19(29-4)20(30-5)11-16(13)23-22(26)14-9-21(25)24(12-14)17-10-15(27-2)6-7-18(17)28-3/h6-8,10-11,14H,9,12H2,1-5H3,(H,23,26). The van der Waals surface area contributed by atoms with Gasteiger partial charge in [0, 0.05) is 30.8 Å². The van der Waals surface area contributed by atoms with E-state index in [0.29, 0.717) is 34.4 Å². The molecule has 30 heavy (non-hydrogen) atoms. The summed E-state index contributed by atoms with van der Waals surface area (Å²) in [5.41, 5.74) is 2.03. The fourth-order valence-electron chi connectivity index (χ4n) is 3.47. The normalized spacial score (nSPS) is 15.7. The van der Waals surface area contributed by atoms with Gasteiger partial charge >= 0.3 is 0 Å². The summed E-state index contributed by atoms with van der Waals surface area (Å²) in [6.07, 6.45) is 0.110. The van der Waals surface area contributed by atoms with Gasteiger partial charge in [-0.3, -0.25) is 9.59 Å². The third-order valence-electron chi connectivity index (χ3n) is 5.16. The van der Waals surface area contributed by atoms with Gasteiger partial charge in [-0.2, -0.15) is 0 Å². The van der Waals surface area contributed by atoms with Gasteiger partial charge in [-0.25, -0.2) is 0 Å². The van der Waals surface area contributed by atoms with Crippen molar-refractivity contribution in [3.05, 3.63) is 35.9 Å². The molecule has 2 amide bonds. The van der Waals surface area contributed by atoms with E-state index in [2.05, 4.69) is 5.32 Å². The smallest absolute Gasteiger partial charge is 0.229 e. The van der Waals surface area contributed by atoms with Crippen LogP contribution < -0.4 is 29.2 Å². The van der Waals surface area contributed by atoms with E-state index in [-0.39, 0.29) is 24.8 Å². The number of benzene rings is 2. The lowest BCUT2D eigenvalue weighted by Crippen LogP contribution is -2.28. The number of ether oxygens (including phenoxy) is 4. The van der Waals surface area contributed by atoms with E-state index in [4.69, 9.17) is 18.9 Å². The Bertz CT molecular complexity index is 959. The number of anilines is 2. The van der Waals surface area contributed by atoms with Crippen LogP contribution in [0.2, 0.25) is 0 Å². The van der Waals surface area contributed by atoms with E-state index in [9.17, 15) is 9.59 Å². The topological polar surface area (TPSA) is 86.3 Å². The molecular weight excluding hydrogens is 388 g/mol. The van der Waals surface area contributed by atoms with Crippen molar-refractivity contribution in [1.29, 1.82) is 0 Å². The molecule has 0 saturated carbocycles. The first kappa shape index (κ1) is 21.3. The van der Waals surface area contributed by atoms with Crippen LogP contribution in [0.25, 0.3) is 0 Å². The summed E-state index contributed by atoms with van der Waals surface area (Å²) in [5, 5.41) is 2.91. The molecule has 8 heteroatoms. The van der Waals surface area contributed by atoms with Gasteiger partial charge in [-0.15, -0.1) is 0 Å². The van der Waals surface area contributed by atoms with Crippen LogP contribution in [-0.4, -0.2) is 46.8 Å². The maximum Gasteiger partial charge on any atom is 0.229 e. The highest BCUT2D eigenvalue weighted by atomic mass is 16.5. The van der Waals surface area contributed by atoms with Crippen LogP contribution in [0, 0.1) is 12.8 Å². The summed E-state index contributed by atoms with van der Waals surface area (Å²) < 4.78 is 21.2. The molecule has 1 saturated heterocycles. The number of carbonyl (C=O) groups excluding carboxylic acids is 2. The predicted molar refractivity (Wildman–Crippen MR) is 113 cm³/mol. The van der Waals surface area contributed by atoms with E-state index in [1.54, 1.807) is 49.5 Å². The Morgan fingerprint density at radius 3 is 2.27 bits per heavy atom. The molecule has 1 unspecified atom stereocenters. The highest BCUT2D eigenvalue weighted by Gasteiger charge is 2.36. The molecule has 1 heterocycles. The van der Waals surface area contributed by atoms with Crippen molar-refractivity contribution in [2.45, 2.75) is 13.3 Å². The lowest BCUT2D eigenvalue weighted by Gasteiger charge is -2.20. The van der Waals surface area contributed by atoms with E-state index in [0.717, 1.165) is 5.56 Å². The van der Waals surface area contributed by atoms with Gasteiger partial charge in [0.05, 0.1) is 40.0 Å². The van der Waals surface area contributed by atoms with Gasteiger partial charge in [0.1, 0.15) is 11.5 Å². The molecule has 1 atom stereocenters. The second kappa shape index (κ2) is 8.94. The average molecular weight is 414 g/mol. The number of carbonyl (C=O) groups is 2. The molecule has 1 fully saturated rings. The van der Waals surface area contributed by atoms with Crippen LogP contribution in [0.5, 0.6) is 23.0 Å². The van der Waals surface area contributed by atoms with Gasteiger partial charge in [-0.05, 0) is 30.7 Å². The predicted octanol–water partition coefficient (Wildman–Crippen LogP) is 3.02. The third kappa shape index (κ3) is 4.12. The summed E-state index contributed by atoms with van der Waals surface area (Å²) in [6.45, 7) is 2.12. The van der Waals surface area contributed by atoms with Gasteiger partial charge in [0.25, 0.3) is 0 Å². The van der Waals surface area contributed by atoms with E-state index >= 15 is 0 Å². The molecule has 1 N–H and O–H groups in total. The van der Waals surface area contributed by atoms with Crippen molar-refractivity contribution < 1.29 is 28.5 Å². The molecule has 0 aliphatic carbocycles. The van der Waals surface area contributed by atoms with Gasteiger partial charge in [0.15, 0.2) is 11.5 Å². The van der Waals surface area contributed by atoms with Crippen molar-refractivity contribution >= 4 is 23.2 Å². The Balaban J connectivity index is 1.80. The first-order valence-corrected chi connectivity index (χ1v) is 9.47. The minimum Gasteiger partial charge on any atom is -0.497 e. The zero-order valence-corrected chi connectivity index (χ0v) is 17.8. The van der Waals surface area contributed by atoms with Crippen molar-refractivity contribution in [2.75, 3.05) is 45.2 Å². The molecule has 1 aliphatic rings. The summed E-state index contributed by atoms with van der Waals surface area (Å²) in [7, 11) is 6.18. The second-order valence-electron chi connectivity index (χ2n) is 6.95. The monoisotopic (exact) mass is 414 g/mol. The van der Waals surface area contributed by atoms with Gasteiger partial charge in [-0.1, -0.05) is 0 Å². The van der Waals surface area contributed by atoms with Crippen molar-refractivity contribution in [3.63, 3.8) is 0 Å².